The zero-order chi connectivity index (χ0) is 12.5. The molecule has 0 aromatic heterocycles. The molecule has 3 rings (SSSR count). The van der Waals surface area contributed by atoms with E-state index in [9.17, 15) is 9.59 Å². The third kappa shape index (κ3) is 1.78. The maximum absolute atomic E-state index is 11.6. The first-order valence-electron chi connectivity index (χ1n) is 6.04. The molecule has 1 saturated heterocycles. The summed E-state index contributed by atoms with van der Waals surface area (Å²) in [5.74, 6) is -0.613. The maximum Gasteiger partial charge on any atom is 0.290 e. The Labute approximate surface area is 105 Å². The summed E-state index contributed by atoms with van der Waals surface area (Å²) in [4.78, 5) is 24.5. The number of hydrogen-bond donors (Lipinski definition) is 0. The minimum atomic E-state index is -0.345. The summed E-state index contributed by atoms with van der Waals surface area (Å²) >= 11 is 0. The summed E-state index contributed by atoms with van der Waals surface area (Å²) in [5, 5.41) is 2.31. The molecule has 0 saturated carbocycles. The number of ketones is 1. The second-order valence-corrected chi connectivity index (χ2v) is 4.54. The summed E-state index contributed by atoms with van der Waals surface area (Å²) in [5.41, 5.74) is 1.09. The third-order valence-electron chi connectivity index (χ3n) is 3.38. The predicted octanol–water partition coefficient (Wildman–Crippen LogP) is 2.14. The van der Waals surface area contributed by atoms with Crippen molar-refractivity contribution in [1.82, 2.24) is 4.90 Å². The molecular formula is C15H13NO2. The highest BCUT2D eigenvalue weighted by Gasteiger charge is 2.29. The van der Waals surface area contributed by atoms with Crippen LogP contribution in [0.4, 0.5) is 0 Å². The van der Waals surface area contributed by atoms with Gasteiger partial charge in [-0.05, 0) is 16.3 Å². The number of carbonyl (C=O) groups excluding carboxylic acids is 2. The Morgan fingerprint density at radius 2 is 1.78 bits per heavy atom. The van der Waals surface area contributed by atoms with Crippen molar-refractivity contribution in [2.45, 2.75) is 13.0 Å². The van der Waals surface area contributed by atoms with E-state index >= 15 is 0 Å². The Hall–Kier alpha value is -2.16. The average Bonchev–Trinajstić information content (AvgIpc) is 2.71. The van der Waals surface area contributed by atoms with Crippen LogP contribution in [0.1, 0.15) is 12.0 Å². The van der Waals surface area contributed by atoms with Gasteiger partial charge in [0.1, 0.15) is 0 Å². The van der Waals surface area contributed by atoms with Gasteiger partial charge in [0, 0.05) is 19.5 Å². The number of nitrogens with zero attached hydrogens (tertiary/aromatic N) is 1. The zero-order valence-electron chi connectivity index (χ0n) is 9.93. The largest absolute Gasteiger partial charge is 0.331 e. The summed E-state index contributed by atoms with van der Waals surface area (Å²) in [7, 11) is 0. The fraction of sp³-hybridized carbons (Fsp3) is 0.200. The quantitative estimate of drug-likeness (QED) is 0.753. The Morgan fingerprint density at radius 3 is 2.56 bits per heavy atom. The van der Waals surface area contributed by atoms with Gasteiger partial charge in [0.2, 0.25) is 5.78 Å². The number of carbonyl (C=O) groups is 2. The van der Waals surface area contributed by atoms with Crippen molar-refractivity contribution in [3.63, 3.8) is 0 Å². The van der Waals surface area contributed by atoms with Crippen molar-refractivity contribution in [3.05, 3.63) is 48.0 Å². The first kappa shape index (κ1) is 11.0. The van der Waals surface area contributed by atoms with Crippen LogP contribution in [0.5, 0.6) is 0 Å². The van der Waals surface area contributed by atoms with Crippen LogP contribution in [-0.4, -0.2) is 23.1 Å². The van der Waals surface area contributed by atoms with Gasteiger partial charge in [-0.2, -0.15) is 0 Å². The molecule has 0 N–H and O–H groups in total. The van der Waals surface area contributed by atoms with Crippen LogP contribution in [0, 0.1) is 0 Å². The zero-order valence-corrected chi connectivity index (χ0v) is 9.93. The van der Waals surface area contributed by atoms with Gasteiger partial charge in [-0.25, -0.2) is 0 Å². The van der Waals surface area contributed by atoms with E-state index in [-0.39, 0.29) is 11.7 Å². The molecular weight excluding hydrogens is 226 g/mol. The molecule has 0 unspecified atom stereocenters. The lowest BCUT2D eigenvalue weighted by atomic mass is 10.0. The van der Waals surface area contributed by atoms with Crippen LogP contribution in [-0.2, 0) is 16.1 Å². The standard InChI is InChI=1S/C15H13NO2/c17-14-8-9-16(15(14)18)10-12-6-3-5-11-4-1-2-7-13(11)12/h1-7H,8-10H2. The van der Waals surface area contributed by atoms with Crippen LogP contribution in [0.2, 0.25) is 0 Å². The topological polar surface area (TPSA) is 37.4 Å². The molecule has 90 valence electrons. The van der Waals surface area contributed by atoms with E-state index in [1.165, 1.54) is 0 Å². The maximum atomic E-state index is 11.6. The molecule has 3 heteroatoms. The number of benzene rings is 2. The minimum Gasteiger partial charge on any atom is -0.331 e. The molecule has 1 amide bonds. The van der Waals surface area contributed by atoms with E-state index < -0.39 is 0 Å². The number of amides is 1. The first-order valence-corrected chi connectivity index (χ1v) is 6.04. The molecule has 0 aliphatic carbocycles. The number of hydrogen-bond acceptors (Lipinski definition) is 2. The number of fused-ring (bicyclic) bond motifs is 1. The van der Waals surface area contributed by atoms with E-state index in [1.807, 2.05) is 30.3 Å². The van der Waals surface area contributed by atoms with Crippen molar-refractivity contribution in [2.24, 2.45) is 0 Å². The van der Waals surface area contributed by atoms with E-state index in [0.717, 1.165) is 16.3 Å². The monoisotopic (exact) mass is 239 g/mol. The molecule has 2 aromatic carbocycles. The van der Waals surface area contributed by atoms with Crippen LogP contribution in [0.3, 0.4) is 0 Å². The van der Waals surface area contributed by atoms with Gasteiger partial charge in [0.15, 0.2) is 0 Å². The highest BCUT2D eigenvalue weighted by Crippen LogP contribution is 2.21. The highest BCUT2D eigenvalue weighted by atomic mass is 16.2. The van der Waals surface area contributed by atoms with Crippen LogP contribution >= 0.6 is 0 Å². The van der Waals surface area contributed by atoms with Crippen LogP contribution in [0.15, 0.2) is 42.5 Å². The Balaban J connectivity index is 1.96. The van der Waals surface area contributed by atoms with Crippen molar-refractivity contribution in [1.29, 1.82) is 0 Å². The summed E-state index contributed by atoms with van der Waals surface area (Å²) < 4.78 is 0. The van der Waals surface area contributed by atoms with Crippen LogP contribution < -0.4 is 0 Å². The van der Waals surface area contributed by atoms with Crippen LogP contribution in [0.25, 0.3) is 10.8 Å². The number of rotatable bonds is 2. The molecule has 1 fully saturated rings. The van der Waals surface area contributed by atoms with Gasteiger partial charge in [-0.15, -0.1) is 0 Å². The Kier molecular flexibility index (Phi) is 2.59. The van der Waals surface area contributed by atoms with Crippen molar-refractivity contribution >= 4 is 22.5 Å². The molecule has 18 heavy (non-hydrogen) atoms. The average molecular weight is 239 g/mol. The summed E-state index contributed by atoms with van der Waals surface area (Å²) in [6.45, 7) is 1.06. The normalized spacial score (nSPS) is 15.7. The van der Waals surface area contributed by atoms with Crippen molar-refractivity contribution < 1.29 is 9.59 Å². The van der Waals surface area contributed by atoms with E-state index in [1.54, 1.807) is 4.90 Å². The second-order valence-electron chi connectivity index (χ2n) is 4.54. The minimum absolute atomic E-state index is 0.268. The molecule has 3 nitrogen and oxygen atoms in total. The first-order chi connectivity index (χ1) is 8.75. The van der Waals surface area contributed by atoms with Gasteiger partial charge in [-0.3, -0.25) is 9.59 Å². The molecule has 0 bridgehead atoms. The molecule has 0 radical (unpaired) electrons. The summed E-state index contributed by atoms with van der Waals surface area (Å²) in [6.07, 6.45) is 0.351. The molecule has 1 aliphatic rings. The second kappa shape index (κ2) is 4.26. The number of likely N-dealkylation sites (tertiary alicyclic amines) is 1. The van der Waals surface area contributed by atoms with Crippen molar-refractivity contribution in [2.75, 3.05) is 6.54 Å². The fourth-order valence-corrected chi connectivity index (χ4v) is 2.41. The van der Waals surface area contributed by atoms with Gasteiger partial charge >= 0.3 is 0 Å². The van der Waals surface area contributed by atoms with E-state index in [2.05, 4.69) is 12.1 Å². The SMILES string of the molecule is O=C1CCN(Cc2cccc3ccccc23)C1=O. The lowest BCUT2D eigenvalue weighted by Gasteiger charge is -2.16. The van der Waals surface area contributed by atoms with Gasteiger partial charge in [-0.1, -0.05) is 42.5 Å². The lowest BCUT2D eigenvalue weighted by Crippen LogP contribution is -2.26. The van der Waals surface area contributed by atoms with E-state index in [4.69, 9.17) is 0 Å². The number of Topliss-reactive ketones (excluding diaryl/α,β-unsaturated/α-hetero) is 1. The van der Waals surface area contributed by atoms with Gasteiger partial charge in [0.05, 0.1) is 0 Å². The Morgan fingerprint density at radius 1 is 1.00 bits per heavy atom. The molecule has 2 aromatic rings. The highest BCUT2D eigenvalue weighted by molar-refractivity contribution is 6.37. The fourth-order valence-electron chi connectivity index (χ4n) is 2.41. The third-order valence-corrected chi connectivity index (χ3v) is 3.38. The lowest BCUT2D eigenvalue weighted by molar-refractivity contribution is -0.140. The summed E-state index contributed by atoms with van der Waals surface area (Å²) in [6, 6.07) is 14.1. The predicted molar refractivity (Wildman–Crippen MR) is 69.0 cm³/mol. The molecule has 1 heterocycles. The van der Waals surface area contributed by atoms with Crippen molar-refractivity contribution in [3.8, 4) is 0 Å². The molecule has 0 spiro atoms. The molecule has 0 atom stereocenters. The molecule has 1 aliphatic heterocycles. The Bertz CT molecular complexity index is 628. The smallest absolute Gasteiger partial charge is 0.290 e. The van der Waals surface area contributed by atoms with E-state index in [0.29, 0.717) is 19.5 Å². The van der Waals surface area contributed by atoms with Gasteiger partial charge in [0.25, 0.3) is 5.91 Å². The van der Waals surface area contributed by atoms with Gasteiger partial charge < -0.3 is 4.90 Å².